The van der Waals surface area contributed by atoms with Crippen LogP contribution < -0.4 is 49.5 Å². The van der Waals surface area contributed by atoms with Crippen LogP contribution in [0, 0.1) is 17.8 Å². The molecule has 0 radical (unpaired) electrons. The van der Waals surface area contributed by atoms with E-state index in [1.165, 1.54) is 11.8 Å². The molecule has 0 aromatic heterocycles. The summed E-state index contributed by atoms with van der Waals surface area (Å²) in [6, 6.07) is -3.66. The Bertz CT molecular complexity index is 2220. The van der Waals surface area contributed by atoms with Crippen LogP contribution in [0.4, 0.5) is 9.59 Å². The zero-order valence-corrected chi connectivity index (χ0v) is 45.2. The smallest absolute Gasteiger partial charge is 0.407 e. The van der Waals surface area contributed by atoms with Gasteiger partial charge in [0.2, 0.25) is 35.1 Å². The molecule has 0 aromatic carbocycles. The van der Waals surface area contributed by atoms with Crippen molar-refractivity contribution in [1.82, 2.24) is 31.5 Å². The van der Waals surface area contributed by atoms with Gasteiger partial charge in [-0.1, -0.05) is 13.8 Å². The molecule has 1 fully saturated rings. The number of hydrogen-bond acceptors (Lipinski definition) is 22. The third kappa shape index (κ3) is 23.0. The fraction of sp³-hybridized carbons (Fsp3) is 0.702. The highest BCUT2D eigenvalue weighted by Gasteiger charge is 2.48. The molecule has 12 atom stereocenters. The molecule has 458 valence electrons. The first-order chi connectivity index (χ1) is 38.5. The minimum absolute atomic E-state index is 0.0251. The molecule has 3 rings (SSSR count). The van der Waals surface area contributed by atoms with Crippen LogP contribution >= 0.6 is 0 Å². The van der Waals surface area contributed by atoms with E-state index >= 15 is 0 Å². The number of guanidine groups is 2. The number of nitrogens with zero attached hydrogens (tertiary/aromatic N) is 3. The molecule has 3 aliphatic rings. The SMILES string of the molecule is CCCOCCOCCOCCOCCC(=O)N1C[C@@H](C(=O)NCCNC(=O)O[C@@H]([C@@H]2OC(C(=O)O)=C[C@H](N=C(N)N)[C@H]2C)[C@H](O)CO)[C@H](C(=O)NCCNC(=O)O[C@@H]([C@@H]2OC(C(=O)O)=C[C@H](N=C(N)N)[C@H]2NC(C)=O)[C@H](O)CO)C1. The van der Waals surface area contributed by atoms with E-state index < -0.39 is 157 Å². The molecule has 0 spiro atoms. The number of aliphatic carboxylic acids is 2. The Morgan fingerprint density at radius 3 is 1.48 bits per heavy atom. The number of aliphatic hydroxyl groups excluding tert-OH is 4. The first-order valence-electron chi connectivity index (χ1n) is 25.8. The molecule has 0 aliphatic carbocycles. The van der Waals surface area contributed by atoms with Gasteiger partial charge in [-0.3, -0.25) is 19.2 Å². The average Bonchev–Trinajstić information content (AvgIpc) is 3.93. The molecule has 19 N–H and O–H groups in total. The second kappa shape index (κ2) is 35.4. The number of rotatable bonds is 35. The lowest BCUT2D eigenvalue weighted by atomic mass is 9.87. The van der Waals surface area contributed by atoms with Gasteiger partial charge in [0.15, 0.2) is 30.2 Å². The predicted octanol–water partition coefficient (Wildman–Crippen LogP) is -6.78. The fourth-order valence-corrected chi connectivity index (χ4v) is 8.40. The van der Waals surface area contributed by atoms with E-state index in [-0.39, 0.29) is 65.5 Å². The van der Waals surface area contributed by atoms with E-state index in [0.717, 1.165) is 25.5 Å². The van der Waals surface area contributed by atoms with E-state index in [2.05, 4.69) is 36.6 Å². The summed E-state index contributed by atoms with van der Waals surface area (Å²) in [5.41, 5.74) is 22.1. The number of carbonyl (C=O) groups excluding carboxylic acids is 6. The van der Waals surface area contributed by atoms with Gasteiger partial charge in [-0.05, 0) is 18.6 Å². The van der Waals surface area contributed by atoms with Gasteiger partial charge >= 0.3 is 24.1 Å². The van der Waals surface area contributed by atoms with Gasteiger partial charge in [0.25, 0.3) is 0 Å². The van der Waals surface area contributed by atoms with Crippen molar-refractivity contribution in [3.05, 3.63) is 23.7 Å². The molecule has 0 unspecified atom stereocenters. The zero-order chi connectivity index (χ0) is 60.2. The number of nitrogens with one attached hydrogen (secondary N) is 5. The fourth-order valence-electron chi connectivity index (χ4n) is 8.40. The van der Waals surface area contributed by atoms with Crippen LogP contribution in [0.2, 0.25) is 0 Å². The topological polar surface area (TPSA) is 524 Å². The summed E-state index contributed by atoms with van der Waals surface area (Å²) in [5.74, 6) is -11.1. The lowest BCUT2D eigenvalue weighted by Crippen LogP contribution is -2.61. The molecule has 0 bridgehead atoms. The number of aliphatic hydroxyl groups is 4. The van der Waals surface area contributed by atoms with Gasteiger partial charge in [-0.25, -0.2) is 29.2 Å². The van der Waals surface area contributed by atoms with Crippen LogP contribution in [0.5, 0.6) is 0 Å². The number of carbonyl (C=O) groups is 8. The van der Waals surface area contributed by atoms with Crippen LogP contribution in [-0.2, 0) is 66.7 Å². The van der Waals surface area contributed by atoms with Crippen molar-refractivity contribution in [2.75, 3.05) is 105 Å². The van der Waals surface area contributed by atoms with Gasteiger partial charge in [0.1, 0.15) is 18.3 Å². The number of alkyl carbamates (subject to hydrolysis) is 2. The third-order valence-electron chi connectivity index (χ3n) is 12.3. The second-order valence-corrected chi connectivity index (χ2v) is 18.4. The summed E-state index contributed by atoms with van der Waals surface area (Å²) in [4.78, 5) is 112. The first kappa shape index (κ1) is 67.9. The van der Waals surface area contributed by atoms with Crippen molar-refractivity contribution in [2.45, 2.75) is 88.4 Å². The number of carboxylic acid groups (broad SMARTS) is 2. The molecule has 3 heterocycles. The highest BCUT2D eigenvalue weighted by molar-refractivity contribution is 5.91. The van der Waals surface area contributed by atoms with Gasteiger partial charge < -0.3 is 123 Å². The molecular formula is C47H78N12O22. The van der Waals surface area contributed by atoms with Crippen molar-refractivity contribution in [3.8, 4) is 0 Å². The Hall–Kier alpha value is -7.34. The van der Waals surface area contributed by atoms with Crippen molar-refractivity contribution < 1.29 is 107 Å². The summed E-state index contributed by atoms with van der Waals surface area (Å²) in [7, 11) is 0. The lowest BCUT2D eigenvalue weighted by molar-refractivity contribution is -0.147. The quantitative estimate of drug-likeness (QED) is 0.0159. The number of hydrogen-bond donors (Lipinski definition) is 15. The maximum Gasteiger partial charge on any atom is 0.407 e. The van der Waals surface area contributed by atoms with E-state index in [1.807, 2.05) is 6.92 Å². The van der Waals surface area contributed by atoms with Crippen molar-refractivity contribution in [2.24, 2.45) is 50.7 Å². The zero-order valence-electron chi connectivity index (χ0n) is 45.2. The van der Waals surface area contributed by atoms with Gasteiger partial charge in [0.05, 0.1) is 95.8 Å². The van der Waals surface area contributed by atoms with Gasteiger partial charge in [-0.2, -0.15) is 0 Å². The molecule has 34 heteroatoms. The number of nitrogens with two attached hydrogens (primary N) is 4. The minimum Gasteiger partial charge on any atom is -0.479 e. The van der Waals surface area contributed by atoms with Crippen molar-refractivity contribution in [1.29, 1.82) is 0 Å². The Labute approximate surface area is 465 Å². The lowest BCUT2D eigenvalue weighted by Gasteiger charge is -2.39. The Balaban J connectivity index is 1.66. The summed E-state index contributed by atoms with van der Waals surface area (Å²) >= 11 is 0. The predicted molar refractivity (Wildman–Crippen MR) is 278 cm³/mol. The number of ether oxygens (including phenoxy) is 8. The highest BCUT2D eigenvalue weighted by Crippen LogP contribution is 2.31. The van der Waals surface area contributed by atoms with Crippen LogP contribution in [0.3, 0.4) is 0 Å². The molecule has 1 saturated heterocycles. The van der Waals surface area contributed by atoms with Crippen molar-refractivity contribution in [3.63, 3.8) is 0 Å². The molecule has 3 aliphatic heterocycles. The minimum atomic E-state index is -1.92. The van der Waals surface area contributed by atoms with E-state index in [0.29, 0.717) is 33.0 Å². The standard InChI is InChI=1S/C47H78N12O22/c1-4-10-74-12-14-76-16-17-77-15-13-75-11-5-34(65)59-20-26(40(66)52-6-8-54-46(72)80-37(30(63)22-60)36-24(2)28(57-44(48)49)18-32(78-36)42(68)69)27(21-59)41(67)53-7-9-55-47(73)81-38(31(64)23-61)39-35(56-25(3)62)29(58-45(50)51)19-33(79-39)43(70)71/h18-19,24,26-31,35-39,60-61,63-64H,4-17,20-23H2,1-3H3,(H,52,66)(H,53,67)(H,54,72)(H,55,73)(H,56,62)(H,68,69)(H,70,71)(H4,48,49,57)(H4,50,51,58)/t24-,26-,27-,28+,29+,30-,31-,35-,36-,37-,38-,39-/m1/s1. The van der Waals surface area contributed by atoms with Gasteiger partial charge in [0, 0.05) is 58.7 Å². The maximum absolute atomic E-state index is 13.8. The van der Waals surface area contributed by atoms with Crippen LogP contribution in [0.1, 0.15) is 33.6 Å². The van der Waals surface area contributed by atoms with E-state index in [1.54, 1.807) is 0 Å². The monoisotopic (exact) mass is 1160 g/mol. The first-order valence-corrected chi connectivity index (χ1v) is 25.8. The largest absolute Gasteiger partial charge is 0.479 e. The van der Waals surface area contributed by atoms with E-state index in [4.69, 9.17) is 60.8 Å². The number of amides is 6. The molecule has 81 heavy (non-hydrogen) atoms. The maximum atomic E-state index is 13.8. The normalized spacial score (nSPS) is 22.7. The van der Waals surface area contributed by atoms with Gasteiger partial charge in [-0.15, -0.1) is 0 Å². The summed E-state index contributed by atoms with van der Waals surface area (Å²) < 4.78 is 43.6. The Morgan fingerprint density at radius 1 is 0.642 bits per heavy atom. The number of likely N-dealkylation sites (tertiary alicyclic amines) is 1. The van der Waals surface area contributed by atoms with E-state index in [9.17, 15) is 69.0 Å². The summed E-state index contributed by atoms with van der Waals surface area (Å²) in [5, 5.41) is 72.7. The van der Waals surface area contributed by atoms with Crippen LogP contribution in [-0.4, -0.2) is 255 Å². The van der Waals surface area contributed by atoms with Crippen LogP contribution in [0.15, 0.2) is 33.7 Å². The Morgan fingerprint density at radius 2 is 1.05 bits per heavy atom. The molecular weight excluding hydrogens is 1080 g/mol. The third-order valence-corrected chi connectivity index (χ3v) is 12.3. The molecule has 0 saturated carbocycles. The highest BCUT2D eigenvalue weighted by atomic mass is 16.6. The van der Waals surface area contributed by atoms with Crippen molar-refractivity contribution >= 4 is 59.7 Å². The second-order valence-electron chi connectivity index (χ2n) is 18.4. The summed E-state index contributed by atoms with van der Waals surface area (Å²) in [6.07, 6.45) is -9.91. The molecule has 0 aromatic rings. The number of aliphatic imine (C=N–C) groups is 2. The number of carboxylic acids is 2. The Kier molecular flexibility index (Phi) is 29.7. The molecule has 34 nitrogen and oxygen atoms in total. The average molecular weight is 1160 g/mol. The van der Waals surface area contributed by atoms with Crippen LogP contribution in [0.25, 0.3) is 0 Å². The summed E-state index contributed by atoms with van der Waals surface area (Å²) in [6.45, 7) is 3.46. The molecule has 6 amide bonds.